The highest BCUT2D eigenvalue weighted by Crippen LogP contribution is 2.32. The summed E-state index contributed by atoms with van der Waals surface area (Å²) in [5.74, 6) is 1.45. The number of sulfonamides is 1. The second-order valence-electron chi connectivity index (χ2n) is 3.93. The van der Waals surface area contributed by atoms with Gasteiger partial charge in [-0.15, -0.1) is 0 Å². The van der Waals surface area contributed by atoms with E-state index in [9.17, 15) is 8.42 Å². The molecule has 1 saturated heterocycles. The normalized spacial score (nSPS) is 40.3. The third-order valence-electron chi connectivity index (χ3n) is 3.07. The Bertz CT molecular complexity index is 260. The fourth-order valence-electron chi connectivity index (χ4n) is 2.35. The van der Waals surface area contributed by atoms with E-state index in [4.69, 9.17) is 0 Å². The van der Waals surface area contributed by atoms with Crippen LogP contribution in [-0.2, 0) is 10.0 Å². The number of fused-ring (bicyclic) bond motifs is 1. The second-order valence-corrected chi connectivity index (χ2v) is 5.79. The predicted molar refractivity (Wildman–Crippen MR) is 47.2 cm³/mol. The maximum atomic E-state index is 11.2. The van der Waals surface area contributed by atoms with E-state index < -0.39 is 10.0 Å². The van der Waals surface area contributed by atoms with E-state index in [-0.39, 0.29) is 0 Å². The Balaban J connectivity index is 2.08. The van der Waals surface area contributed by atoms with Crippen LogP contribution < -0.4 is 4.72 Å². The summed E-state index contributed by atoms with van der Waals surface area (Å²) in [4.78, 5) is 0. The van der Waals surface area contributed by atoms with Crippen molar-refractivity contribution in [2.24, 2.45) is 11.8 Å². The van der Waals surface area contributed by atoms with Gasteiger partial charge < -0.3 is 0 Å². The van der Waals surface area contributed by atoms with Crippen LogP contribution in [0, 0.1) is 11.8 Å². The lowest BCUT2D eigenvalue weighted by molar-refractivity contribution is 0.247. The van der Waals surface area contributed by atoms with Crippen molar-refractivity contribution in [2.45, 2.75) is 25.7 Å². The lowest BCUT2D eigenvalue weighted by Crippen LogP contribution is -2.45. The zero-order chi connectivity index (χ0) is 8.60. The first-order valence-corrected chi connectivity index (χ1v) is 6.30. The van der Waals surface area contributed by atoms with Gasteiger partial charge in [0.2, 0.25) is 10.0 Å². The maximum Gasteiger partial charge on any atom is 0.211 e. The molecular formula is C8H15NO2S. The Labute approximate surface area is 73.6 Å². The summed E-state index contributed by atoms with van der Waals surface area (Å²) < 4.78 is 25.0. The molecule has 1 N–H and O–H groups in total. The van der Waals surface area contributed by atoms with E-state index in [1.54, 1.807) is 0 Å². The summed E-state index contributed by atoms with van der Waals surface area (Å²) in [5.41, 5.74) is 0. The highest BCUT2D eigenvalue weighted by atomic mass is 32.2. The van der Waals surface area contributed by atoms with Crippen molar-refractivity contribution in [3.63, 3.8) is 0 Å². The Morgan fingerprint density at radius 1 is 1.08 bits per heavy atom. The van der Waals surface area contributed by atoms with Crippen LogP contribution in [0.1, 0.15) is 25.7 Å². The van der Waals surface area contributed by atoms with E-state index in [0.29, 0.717) is 24.1 Å². The fourth-order valence-corrected chi connectivity index (χ4v) is 3.94. The van der Waals surface area contributed by atoms with Gasteiger partial charge in [-0.1, -0.05) is 12.8 Å². The van der Waals surface area contributed by atoms with Crippen LogP contribution in [0.2, 0.25) is 0 Å². The molecule has 4 heteroatoms. The van der Waals surface area contributed by atoms with Crippen LogP contribution in [0.25, 0.3) is 0 Å². The standard InChI is InChI=1S/C8H15NO2S/c10-12(11)6-8-4-2-1-3-7(8)5-9-12/h7-9H,1-6H2/t7-,8-/m0/s1. The zero-order valence-electron chi connectivity index (χ0n) is 7.12. The van der Waals surface area contributed by atoms with E-state index in [2.05, 4.69) is 4.72 Å². The number of hydrogen-bond acceptors (Lipinski definition) is 2. The molecule has 0 aromatic rings. The molecule has 0 amide bonds. The second kappa shape index (κ2) is 3.00. The smallest absolute Gasteiger partial charge is 0.211 e. The van der Waals surface area contributed by atoms with Gasteiger partial charge >= 0.3 is 0 Å². The van der Waals surface area contributed by atoms with Crippen LogP contribution in [0.4, 0.5) is 0 Å². The minimum Gasteiger partial charge on any atom is -0.215 e. The summed E-state index contributed by atoms with van der Waals surface area (Å²) in [7, 11) is -2.90. The lowest BCUT2D eigenvalue weighted by Gasteiger charge is -2.35. The van der Waals surface area contributed by atoms with Gasteiger partial charge in [-0.25, -0.2) is 13.1 Å². The lowest BCUT2D eigenvalue weighted by atomic mass is 9.80. The molecule has 1 aliphatic heterocycles. The van der Waals surface area contributed by atoms with Gasteiger partial charge in [0, 0.05) is 6.54 Å². The molecule has 0 unspecified atom stereocenters. The van der Waals surface area contributed by atoms with Gasteiger partial charge in [-0.2, -0.15) is 0 Å². The van der Waals surface area contributed by atoms with Gasteiger partial charge in [-0.05, 0) is 24.7 Å². The molecule has 0 spiro atoms. The van der Waals surface area contributed by atoms with Crippen molar-refractivity contribution in [2.75, 3.05) is 12.3 Å². The van der Waals surface area contributed by atoms with Crippen LogP contribution in [-0.4, -0.2) is 20.7 Å². The summed E-state index contributed by atoms with van der Waals surface area (Å²) in [6.07, 6.45) is 4.83. The molecule has 1 saturated carbocycles. The highest BCUT2D eigenvalue weighted by Gasteiger charge is 2.33. The van der Waals surface area contributed by atoms with E-state index in [1.165, 1.54) is 19.3 Å². The van der Waals surface area contributed by atoms with Crippen molar-refractivity contribution in [1.29, 1.82) is 0 Å². The molecule has 0 bridgehead atoms. The van der Waals surface area contributed by atoms with Gasteiger partial charge in [0.1, 0.15) is 0 Å². The molecule has 0 aromatic carbocycles. The average molecular weight is 189 g/mol. The van der Waals surface area contributed by atoms with Gasteiger partial charge in [-0.3, -0.25) is 0 Å². The summed E-state index contributed by atoms with van der Waals surface area (Å²) in [5, 5.41) is 0. The topological polar surface area (TPSA) is 46.2 Å². The minimum atomic E-state index is -2.90. The van der Waals surface area contributed by atoms with Crippen molar-refractivity contribution < 1.29 is 8.42 Å². The molecular weight excluding hydrogens is 174 g/mol. The molecule has 1 heterocycles. The van der Waals surface area contributed by atoms with Gasteiger partial charge in [0.05, 0.1) is 5.75 Å². The van der Waals surface area contributed by atoms with Crippen molar-refractivity contribution in [1.82, 2.24) is 4.72 Å². The fraction of sp³-hybridized carbons (Fsp3) is 1.00. The number of rotatable bonds is 0. The SMILES string of the molecule is O=S1(=O)C[C@@H]2CCCC[C@H]2CN1. The van der Waals surface area contributed by atoms with Crippen molar-refractivity contribution >= 4 is 10.0 Å². The summed E-state index contributed by atoms with van der Waals surface area (Å²) in [6, 6.07) is 0. The molecule has 2 aliphatic rings. The average Bonchev–Trinajstić information content (AvgIpc) is 2.02. The van der Waals surface area contributed by atoms with Crippen LogP contribution in [0.5, 0.6) is 0 Å². The predicted octanol–water partition coefficient (Wildman–Crippen LogP) is 0.726. The summed E-state index contributed by atoms with van der Waals surface area (Å²) in [6.45, 7) is 0.688. The van der Waals surface area contributed by atoms with Crippen LogP contribution >= 0.6 is 0 Å². The number of hydrogen-bond donors (Lipinski definition) is 1. The molecule has 2 rings (SSSR count). The van der Waals surface area contributed by atoms with E-state index >= 15 is 0 Å². The van der Waals surface area contributed by atoms with E-state index in [1.807, 2.05) is 0 Å². The first-order valence-electron chi connectivity index (χ1n) is 4.65. The third kappa shape index (κ3) is 1.64. The van der Waals surface area contributed by atoms with Gasteiger partial charge in [0.25, 0.3) is 0 Å². The van der Waals surface area contributed by atoms with Crippen LogP contribution in [0.15, 0.2) is 0 Å². The minimum absolute atomic E-state index is 0.373. The first kappa shape index (κ1) is 8.51. The van der Waals surface area contributed by atoms with Gasteiger partial charge in [0.15, 0.2) is 0 Å². The summed E-state index contributed by atoms with van der Waals surface area (Å²) >= 11 is 0. The molecule has 12 heavy (non-hydrogen) atoms. The molecule has 0 radical (unpaired) electrons. The first-order chi connectivity index (χ1) is 5.67. The highest BCUT2D eigenvalue weighted by molar-refractivity contribution is 7.89. The van der Waals surface area contributed by atoms with Crippen molar-refractivity contribution in [3.05, 3.63) is 0 Å². The Morgan fingerprint density at radius 3 is 2.50 bits per heavy atom. The third-order valence-corrected chi connectivity index (χ3v) is 4.54. The Kier molecular flexibility index (Phi) is 2.12. The van der Waals surface area contributed by atoms with Crippen LogP contribution in [0.3, 0.4) is 0 Å². The quantitative estimate of drug-likeness (QED) is 0.610. The molecule has 2 atom stereocenters. The Morgan fingerprint density at radius 2 is 1.75 bits per heavy atom. The number of nitrogens with one attached hydrogen (secondary N) is 1. The Hall–Kier alpha value is -0.0900. The van der Waals surface area contributed by atoms with Crippen molar-refractivity contribution in [3.8, 4) is 0 Å². The largest absolute Gasteiger partial charge is 0.215 e. The molecule has 0 aromatic heterocycles. The molecule has 3 nitrogen and oxygen atoms in total. The molecule has 70 valence electrons. The maximum absolute atomic E-state index is 11.2. The zero-order valence-corrected chi connectivity index (χ0v) is 7.94. The monoisotopic (exact) mass is 189 g/mol. The molecule has 1 aliphatic carbocycles. The van der Waals surface area contributed by atoms with E-state index in [0.717, 1.165) is 6.42 Å². The molecule has 2 fully saturated rings.